The first-order chi connectivity index (χ1) is 14.9. The quantitative estimate of drug-likeness (QED) is 0.486. The molecule has 0 aromatic heterocycles. The van der Waals surface area contributed by atoms with Gasteiger partial charge in [-0.25, -0.2) is 0 Å². The van der Waals surface area contributed by atoms with Gasteiger partial charge >= 0.3 is 0 Å². The van der Waals surface area contributed by atoms with Gasteiger partial charge in [-0.2, -0.15) is 5.26 Å². The van der Waals surface area contributed by atoms with E-state index in [1.807, 2.05) is 12.1 Å². The number of nitrogens with zero attached hydrogens (tertiary/aromatic N) is 3. The monoisotopic (exact) mass is 440 g/mol. The highest BCUT2D eigenvalue weighted by Gasteiger charge is 2.52. The van der Waals surface area contributed by atoms with Gasteiger partial charge < -0.3 is 21.1 Å². The van der Waals surface area contributed by atoms with E-state index in [9.17, 15) is 15.2 Å². The molecule has 2 saturated heterocycles. The van der Waals surface area contributed by atoms with Crippen LogP contribution in [0.2, 0.25) is 5.02 Å². The standard InChI is InChI=1S/C23H26ClN5O2/c24-20-6-3-17(16-1-4-18(5-2-16)28-10-8-27-9-11-28)13-21(20)29(12-7-25)15-19(30)14-22(29)23(26)31/h1-6,13,19,22,27,30H,8-12,14-15H2,(H-,26,31)/p+1/t19-,22-,29?/m0/s1. The number of hydrogen-bond donors (Lipinski definition) is 3. The molecule has 0 aliphatic carbocycles. The van der Waals surface area contributed by atoms with Crippen molar-refractivity contribution in [3.05, 3.63) is 47.5 Å². The van der Waals surface area contributed by atoms with Crippen molar-refractivity contribution < 1.29 is 9.90 Å². The van der Waals surface area contributed by atoms with Crippen LogP contribution < -0.4 is 20.4 Å². The zero-order valence-corrected chi connectivity index (χ0v) is 18.1. The van der Waals surface area contributed by atoms with Gasteiger partial charge in [0.15, 0.2) is 18.3 Å². The predicted octanol–water partition coefficient (Wildman–Crippen LogP) is 1.87. The molecule has 3 atom stereocenters. The van der Waals surface area contributed by atoms with E-state index in [1.165, 1.54) is 5.69 Å². The summed E-state index contributed by atoms with van der Waals surface area (Å²) in [4.78, 5) is 14.5. The van der Waals surface area contributed by atoms with Crippen LogP contribution in [0.1, 0.15) is 6.42 Å². The summed E-state index contributed by atoms with van der Waals surface area (Å²) in [5, 5.41) is 23.7. The lowest BCUT2D eigenvalue weighted by Crippen LogP contribution is -2.58. The smallest absolute Gasteiger partial charge is 0.276 e. The van der Waals surface area contributed by atoms with E-state index in [4.69, 9.17) is 17.3 Å². The molecule has 2 aromatic rings. The average Bonchev–Trinajstić information content (AvgIpc) is 3.12. The fourth-order valence-electron chi connectivity index (χ4n) is 4.87. The Morgan fingerprint density at radius 2 is 1.90 bits per heavy atom. The van der Waals surface area contributed by atoms with E-state index in [2.05, 4.69) is 40.6 Å². The SMILES string of the molecule is N#CC[N+]1(c2cc(-c3ccc(N4CCNCC4)cc3)ccc2Cl)C[C@@H](O)C[C@H]1C(N)=O. The minimum atomic E-state index is -0.719. The lowest BCUT2D eigenvalue weighted by atomic mass is 10.0. The Kier molecular flexibility index (Phi) is 6.17. The second-order valence-electron chi connectivity index (χ2n) is 8.29. The van der Waals surface area contributed by atoms with Crippen LogP contribution >= 0.6 is 11.6 Å². The highest BCUT2D eigenvalue weighted by Crippen LogP contribution is 2.41. The molecule has 0 saturated carbocycles. The maximum Gasteiger partial charge on any atom is 0.276 e. The molecule has 31 heavy (non-hydrogen) atoms. The van der Waals surface area contributed by atoms with Gasteiger partial charge in [0, 0.05) is 44.4 Å². The number of anilines is 1. The van der Waals surface area contributed by atoms with Crippen molar-refractivity contribution in [2.75, 3.05) is 44.2 Å². The average molecular weight is 441 g/mol. The van der Waals surface area contributed by atoms with E-state index < -0.39 is 18.1 Å². The summed E-state index contributed by atoms with van der Waals surface area (Å²) in [6, 6.07) is 15.5. The van der Waals surface area contributed by atoms with Gasteiger partial charge in [0.05, 0.1) is 0 Å². The van der Waals surface area contributed by atoms with Crippen LogP contribution in [0.25, 0.3) is 11.1 Å². The number of carbonyl (C=O) groups excluding carboxylic acids is 1. The van der Waals surface area contributed by atoms with Crippen molar-refractivity contribution in [2.24, 2.45) is 5.73 Å². The van der Waals surface area contributed by atoms with E-state index >= 15 is 0 Å². The number of likely N-dealkylation sites (tertiary alicyclic amines) is 1. The maximum absolute atomic E-state index is 12.2. The Hall–Kier alpha value is -2.63. The van der Waals surface area contributed by atoms with Crippen LogP contribution in [0.5, 0.6) is 0 Å². The first-order valence-electron chi connectivity index (χ1n) is 10.5. The number of primary amides is 1. The van der Waals surface area contributed by atoms with Crippen LogP contribution in [-0.2, 0) is 4.79 Å². The van der Waals surface area contributed by atoms with Crippen molar-refractivity contribution in [2.45, 2.75) is 18.6 Å². The number of hydrogen-bond acceptors (Lipinski definition) is 5. The molecule has 0 radical (unpaired) electrons. The zero-order valence-electron chi connectivity index (χ0n) is 17.3. The molecule has 2 aromatic carbocycles. The third kappa shape index (κ3) is 4.12. The summed E-state index contributed by atoms with van der Waals surface area (Å²) in [6.45, 7) is 4.16. The lowest BCUT2D eigenvalue weighted by molar-refractivity contribution is -0.121. The summed E-state index contributed by atoms with van der Waals surface area (Å²) in [5.41, 5.74) is 9.44. The highest BCUT2D eigenvalue weighted by atomic mass is 35.5. The molecule has 8 heteroatoms. The number of carbonyl (C=O) groups is 1. The van der Waals surface area contributed by atoms with E-state index in [0.29, 0.717) is 10.7 Å². The number of nitriles is 1. The zero-order chi connectivity index (χ0) is 22.0. The molecular formula is C23H27ClN5O2+. The molecule has 2 aliphatic heterocycles. The highest BCUT2D eigenvalue weighted by molar-refractivity contribution is 6.33. The topological polar surface area (TPSA) is 102 Å². The molecule has 2 aliphatic rings. The van der Waals surface area contributed by atoms with Gasteiger partial charge in [-0.3, -0.25) is 9.28 Å². The first kappa shape index (κ1) is 21.6. The molecule has 0 bridgehead atoms. The Morgan fingerprint density at radius 3 is 2.55 bits per heavy atom. The van der Waals surface area contributed by atoms with Crippen LogP contribution in [0, 0.1) is 11.3 Å². The molecule has 4 rings (SSSR count). The van der Waals surface area contributed by atoms with E-state index in [0.717, 1.165) is 37.3 Å². The predicted molar refractivity (Wildman–Crippen MR) is 123 cm³/mol. The summed E-state index contributed by atoms with van der Waals surface area (Å²) < 4.78 is -0.0431. The summed E-state index contributed by atoms with van der Waals surface area (Å²) in [5.74, 6) is -0.534. The van der Waals surface area contributed by atoms with Crippen LogP contribution in [0.4, 0.5) is 11.4 Å². The Labute approximate surface area is 187 Å². The molecule has 1 unspecified atom stereocenters. The molecule has 0 spiro atoms. The number of halogens is 1. The number of rotatable bonds is 5. The van der Waals surface area contributed by atoms with Gasteiger partial charge in [-0.1, -0.05) is 29.8 Å². The van der Waals surface area contributed by atoms with E-state index in [1.54, 1.807) is 6.07 Å². The van der Waals surface area contributed by atoms with Crippen molar-refractivity contribution in [1.29, 1.82) is 5.26 Å². The number of piperazine rings is 1. The minimum Gasteiger partial charge on any atom is -0.387 e. The first-order valence-corrected chi connectivity index (χ1v) is 10.9. The minimum absolute atomic E-state index is 0.00970. The van der Waals surface area contributed by atoms with Crippen molar-refractivity contribution in [3.8, 4) is 17.2 Å². The molecule has 1 amide bonds. The molecule has 2 heterocycles. The van der Waals surface area contributed by atoms with Gasteiger partial charge in [0.25, 0.3) is 5.91 Å². The third-order valence-corrected chi connectivity index (χ3v) is 6.74. The fraction of sp³-hybridized carbons (Fsp3) is 0.391. The number of nitrogens with one attached hydrogen (secondary N) is 1. The summed E-state index contributed by atoms with van der Waals surface area (Å²) >= 11 is 6.56. The Morgan fingerprint density at radius 1 is 1.23 bits per heavy atom. The number of aliphatic hydroxyl groups is 1. The number of benzene rings is 2. The summed E-state index contributed by atoms with van der Waals surface area (Å²) in [7, 11) is 0. The van der Waals surface area contributed by atoms with Gasteiger partial charge in [0.1, 0.15) is 23.7 Å². The summed E-state index contributed by atoms with van der Waals surface area (Å²) in [6.07, 6.45) is -0.499. The Balaban J connectivity index is 1.71. The normalized spacial score (nSPS) is 25.9. The van der Waals surface area contributed by atoms with Crippen molar-refractivity contribution in [3.63, 3.8) is 0 Å². The van der Waals surface area contributed by atoms with Gasteiger partial charge in [-0.05, 0) is 29.3 Å². The van der Waals surface area contributed by atoms with Crippen molar-refractivity contribution in [1.82, 2.24) is 9.80 Å². The van der Waals surface area contributed by atoms with Crippen LogP contribution in [-0.4, -0.2) is 62.4 Å². The largest absolute Gasteiger partial charge is 0.387 e. The van der Waals surface area contributed by atoms with Gasteiger partial charge in [0.2, 0.25) is 0 Å². The molecule has 2 fully saturated rings. The van der Waals surface area contributed by atoms with Crippen LogP contribution in [0.15, 0.2) is 42.5 Å². The van der Waals surface area contributed by atoms with E-state index in [-0.39, 0.29) is 24.0 Å². The molecule has 7 nitrogen and oxygen atoms in total. The second kappa shape index (κ2) is 8.85. The van der Waals surface area contributed by atoms with Crippen molar-refractivity contribution >= 4 is 28.9 Å². The van der Waals surface area contributed by atoms with Crippen LogP contribution in [0.3, 0.4) is 0 Å². The number of aliphatic hydroxyl groups excluding tert-OH is 1. The molecular weight excluding hydrogens is 414 g/mol. The third-order valence-electron chi connectivity index (χ3n) is 6.42. The fourth-order valence-corrected chi connectivity index (χ4v) is 5.16. The van der Waals surface area contributed by atoms with Gasteiger partial charge in [-0.15, -0.1) is 0 Å². The number of nitrogens with two attached hydrogens (primary N) is 1. The number of quaternary nitrogens is 1. The Bertz CT molecular complexity index is 1000. The molecule has 162 valence electrons. The second-order valence-corrected chi connectivity index (χ2v) is 8.70. The maximum atomic E-state index is 12.2. The lowest BCUT2D eigenvalue weighted by Gasteiger charge is -2.36. The number of amides is 1. The molecule has 4 N–H and O–H groups in total.